The number of rotatable bonds is 3. The number of aromatic amines is 1. The number of aromatic nitrogens is 2. The lowest BCUT2D eigenvalue weighted by molar-refractivity contribution is 0.815. The van der Waals surface area contributed by atoms with Gasteiger partial charge in [0.25, 0.3) is 0 Å². The Morgan fingerprint density at radius 3 is 2.76 bits per heavy atom. The number of H-pyrrole nitrogens is 1. The first-order chi connectivity index (χ1) is 10.0. The molecule has 0 unspecified atom stereocenters. The molecule has 1 heterocycles. The molecule has 21 heavy (non-hydrogen) atoms. The standard InChI is InChI=1S/C16H16BrN3S/c1-9-3-5-13-14(7-9)20-16(19-13)21-15-6-4-11(10(2)18)8-12(15)17/h3-8,10H,18H2,1-2H3,(H,19,20)/t10-/m0/s1. The van der Waals surface area contributed by atoms with Gasteiger partial charge in [-0.3, -0.25) is 0 Å². The molecule has 0 saturated carbocycles. The van der Waals surface area contributed by atoms with Gasteiger partial charge >= 0.3 is 0 Å². The predicted octanol–water partition coefficient (Wildman–Crippen LogP) is 4.80. The summed E-state index contributed by atoms with van der Waals surface area (Å²) < 4.78 is 1.04. The molecule has 0 radical (unpaired) electrons. The molecule has 3 aromatic rings. The SMILES string of the molecule is Cc1ccc2nc(Sc3ccc([C@H](C)N)cc3Br)[nH]c2c1. The Kier molecular flexibility index (Phi) is 4.06. The van der Waals surface area contributed by atoms with Gasteiger partial charge in [-0.05, 0) is 65.2 Å². The lowest BCUT2D eigenvalue weighted by Crippen LogP contribution is -2.04. The number of fused-ring (bicyclic) bond motifs is 1. The summed E-state index contributed by atoms with van der Waals surface area (Å²) in [5.41, 5.74) is 10.3. The number of nitrogens with one attached hydrogen (secondary N) is 1. The van der Waals surface area contributed by atoms with E-state index in [-0.39, 0.29) is 6.04 Å². The summed E-state index contributed by atoms with van der Waals surface area (Å²) in [6, 6.07) is 12.5. The fourth-order valence-electron chi connectivity index (χ4n) is 2.14. The highest BCUT2D eigenvalue weighted by Crippen LogP contribution is 2.34. The minimum atomic E-state index is 0.0366. The Bertz CT molecular complexity index is 795. The van der Waals surface area contributed by atoms with Gasteiger partial charge in [0.2, 0.25) is 0 Å². The second-order valence-electron chi connectivity index (χ2n) is 5.14. The molecule has 1 aromatic heterocycles. The second-order valence-corrected chi connectivity index (χ2v) is 7.03. The van der Waals surface area contributed by atoms with Crippen LogP contribution in [0.3, 0.4) is 0 Å². The van der Waals surface area contributed by atoms with E-state index in [0.717, 1.165) is 31.1 Å². The van der Waals surface area contributed by atoms with Gasteiger partial charge in [0.1, 0.15) is 0 Å². The van der Waals surface area contributed by atoms with E-state index in [0.29, 0.717) is 0 Å². The van der Waals surface area contributed by atoms with E-state index in [1.807, 2.05) is 13.0 Å². The molecule has 0 amide bonds. The predicted molar refractivity (Wildman–Crippen MR) is 91.7 cm³/mol. The van der Waals surface area contributed by atoms with E-state index in [4.69, 9.17) is 5.73 Å². The Labute approximate surface area is 136 Å². The molecule has 3 nitrogen and oxygen atoms in total. The van der Waals surface area contributed by atoms with Crippen molar-refractivity contribution in [2.24, 2.45) is 5.73 Å². The lowest BCUT2D eigenvalue weighted by Gasteiger charge is -2.08. The van der Waals surface area contributed by atoms with Gasteiger partial charge in [0.15, 0.2) is 5.16 Å². The van der Waals surface area contributed by atoms with Crippen LogP contribution in [-0.4, -0.2) is 9.97 Å². The molecule has 0 saturated heterocycles. The fraction of sp³-hybridized carbons (Fsp3) is 0.188. The summed E-state index contributed by atoms with van der Waals surface area (Å²) >= 11 is 5.22. The van der Waals surface area contributed by atoms with E-state index >= 15 is 0 Å². The molecule has 0 spiro atoms. The molecule has 3 rings (SSSR count). The van der Waals surface area contributed by atoms with Gasteiger partial charge in [0, 0.05) is 15.4 Å². The van der Waals surface area contributed by atoms with Crippen LogP contribution in [0.4, 0.5) is 0 Å². The summed E-state index contributed by atoms with van der Waals surface area (Å²) in [6.07, 6.45) is 0. The number of imidazole rings is 1. The van der Waals surface area contributed by atoms with Crippen LogP contribution in [0, 0.1) is 6.92 Å². The van der Waals surface area contributed by atoms with E-state index in [9.17, 15) is 0 Å². The Hall–Kier alpha value is -1.30. The highest BCUT2D eigenvalue weighted by Gasteiger charge is 2.09. The Balaban J connectivity index is 1.91. The summed E-state index contributed by atoms with van der Waals surface area (Å²) in [5, 5.41) is 0.893. The van der Waals surface area contributed by atoms with Crippen molar-refractivity contribution in [2.75, 3.05) is 0 Å². The van der Waals surface area contributed by atoms with Crippen LogP contribution < -0.4 is 5.73 Å². The third-order valence-corrected chi connectivity index (χ3v) is 5.19. The number of nitrogens with zero attached hydrogens (tertiary/aromatic N) is 1. The van der Waals surface area contributed by atoms with Gasteiger partial charge in [0.05, 0.1) is 11.0 Å². The molecular formula is C16H16BrN3S. The van der Waals surface area contributed by atoms with E-state index in [1.165, 1.54) is 5.56 Å². The van der Waals surface area contributed by atoms with Gasteiger partial charge in [-0.25, -0.2) is 4.98 Å². The minimum absolute atomic E-state index is 0.0366. The van der Waals surface area contributed by atoms with Gasteiger partial charge < -0.3 is 10.7 Å². The number of hydrogen-bond acceptors (Lipinski definition) is 3. The lowest BCUT2D eigenvalue weighted by atomic mass is 10.1. The zero-order valence-electron chi connectivity index (χ0n) is 11.9. The quantitative estimate of drug-likeness (QED) is 0.703. The smallest absolute Gasteiger partial charge is 0.171 e. The first-order valence-corrected chi connectivity index (χ1v) is 8.33. The van der Waals surface area contributed by atoms with E-state index in [2.05, 4.69) is 63.2 Å². The molecule has 2 aromatic carbocycles. The molecule has 3 N–H and O–H groups in total. The summed E-state index contributed by atoms with van der Waals surface area (Å²) in [7, 11) is 0. The highest BCUT2D eigenvalue weighted by atomic mass is 79.9. The van der Waals surface area contributed by atoms with E-state index in [1.54, 1.807) is 11.8 Å². The number of nitrogens with two attached hydrogens (primary N) is 1. The van der Waals surface area contributed by atoms with Crippen LogP contribution in [0.25, 0.3) is 11.0 Å². The molecule has 0 fully saturated rings. The monoisotopic (exact) mass is 361 g/mol. The molecule has 0 aliphatic rings. The summed E-state index contributed by atoms with van der Waals surface area (Å²) in [6.45, 7) is 4.06. The van der Waals surface area contributed by atoms with Crippen LogP contribution in [-0.2, 0) is 0 Å². The van der Waals surface area contributed by atoms with Crippen molar-refractivity contribution >= 4 is 38.7 Å². The van der Waals surface area contributed by atoms with Crippen molar-refractivity contribution in [2.45, 2.75) is 29.9 Å². The Morgan fingerprint density at radius 2 is 2.05 bits per heavy atom. The molecule has 108 valence electrons. The molecule has 0 bridgehead atoms. The Morgan fingerprint density at radius 1 is 1.24 bits per heavy atom. The van der Waals surface area contributed by atoms with Crippen LogP contribution in [0.2, 0.25) is 0 Å². The zero-order valence-corrected chi connectivity index (χ0v) is 14.3. The molecule has 1 atom stereocenters. The van der Waals surface area contributed by atoms with Crippen molar-refractivity contribution < 1.29 is 0 Å². The number of benzene rings is 2. The zero-order chi connectivity index (χ0) is 15.0. The van der Waals surface area contributed by atoms with Crippen LogP contribution in [0.1, 0.15) is 24.1 Å². The topological polar surface area (TPSA) is 54.7 Å². The maximum atomic E-state index is 5.90. The van der Waals surface area contributed by atoms with E-state index < -0.39 is 0 Å². The van der Waals surface area contributed by atoms with Crippen molar-refractivity contribution in [3.8, 4) is 0 Å². The average Bonchev–Trinajstić information content (AvgIpc) is 2.82. The molecule has 5 heteroatoms. The minimum Gasteiger partial charge on any atom is -0.333 e. The van der Waals surface area contributed by atoms with Crippen molar-refractivity contribution in [3.05, 3.63) is 52.0 Å². The largest absolute Gasteiger partial charge is 0.333 e. The van der Waals surface area contributed by atoms with Crippen LogP contribution in [0.5, 0.6) is 0 Å². The van der Waals surface area contributed by atoms with Crippen LogP contribution in [0.15, 0.2) is 50.9 Å². The first-order valence-electron chi connectivity index (χ1n) is 6.72. The number of hydrogen-bond donors (Lipinski definition) is 2. The fourth-order valence-corrected chi connectivity index (χ4v) is 3.58. The first kappa shape index (κ1) is 14.6. The summed E-state index contributed by atoms with van der Waals surface area (Å²) in [4.78, 5) is 9.09. The molecular weight excluding hydrogens is 346 g/mol. The normalized spacial score (nSPS) is 12.8. The van der Waals surface area contributed by atoms with Gasteiger partial charge in [-0.15, -0.1) is 0 Å². The second kappa shape index (κ2) is 5.83. The number of halogens is 1. The highest BCUT2D eigenvalue weighted by molar-refractivity contribution is 9.10. The molecule has 0 aliphatic heterocycles. The average molecular weight is 362 g/mol. The number of aryl methyl sites for hydroxylation is 1. The van der Waals surface area contributed by atoms with Crippen molar-refractivity contribution in [1.29, 1.82) is 0 Å². The van der Waals surface area contributed by atoms with Gasteiger partial charge in [-0.1, -0.05) is 23.9 Å². The third kappa shape index (κ3) is 3.15. The van der Waals surface area contributed by atoms with Crippen molar-refractivity contribution in [3.63, 3.8) is 0 Å². The van der Waals surface area contributed by atoms with Gasteiger partial charge in [-0.2, -0.15) is 0 Å². The maximum absolute atomic E-state index is 5.90. The third-order valence-electron chi connectivity index (χ3n) is 3.30. The summed E-state index contributed by atoms with van der Waals surface area (Å²) in [5.74, 6) is 0. The van der Waals surface area contributed by atoms with Crippen LogP contribution >= 0.6 is 27.7 Å². The maximum Gasteiger partial charge on any atom is 0.171 e. The van der Waals surface area contributed by atoms with Crippen molar-refractivity contribution in [1.82, 2.24) is 9.97 Å². The molecule has 0 aliphatic carbocycles.